The van der Waals surface area contributed by atoms with Crippen LogP contribution in [-0.2, 0) is 4.79 Å². The second kappa shape index (κ2) is 12.3. The maximum Gasteiger partial charge on any atom is 0.273 e. The number of carbonyl (C=O) groups excluding carboxylic acids is 2. The summed E-state index contributed by atoms with van der Waals surface area (Å²) < 4.78 is 5.82. The maximum absolute atomic E-state index is 13.1. The van der Waals surface area contributed by atoms with Gasteiger partial charge < -0.3 is 4.74 Å². The van der Waals surface area contributed by atoms with Crippen LogP contribution in [0.15, 0.2) is 84.9 Å². The van der Waals surface area contributed by atoms with Crippen molar-refractivity contribution in [2.75, 3.05) is 6.61 Å². The first-order valence-electron chi connectivity index (χ1n) is 11.1. The van der Waals surface area contributed by atoms with E-state index in [1.54, 1.807) is 18.2 Å². The Morgan fingerprint density at radius 3 is 1.97 bits per heavy atom. The van der Waals surface area contributed by atoms with Gasteiger partial charge in [0.15, 0.2) is 0 Å². The van der Waals surface area contributed by atoms with E-state index in [0.717, 1.165) is 30.4 Å². The molecule has 0 spiro atoms. The Bertz CT molecular complexity index is 951. The Balaban J connectivity index is 1.66. The van der Waals surface area contributed by atoms with E-state index in [2.05, 4.69) is 17.8 Å². The van der Waals surface area contributed by atoms with E-state index < -0.39 is 11.8 Å². The lowest BCUT2D eigenvalue weighted by molar-refractivity contribution is -0.122. The van der Waals surface area contributed by atoms with Gasteiger partial charge in [-0.15, -0.1) is 0 Å². The van der Waals surface area contributed by atoms with Crippen molar-refractivity contribution in [3.05, 3.63) is 102 Å². The van der Waals surface area contributed by atoms with Gasteiger partial charge in [-0.05, 0) is 29.7 Å². The molecule has 0 bridgehead atoms. The third kappa shape index (κ3) is 6.45. The van der Waals surface area contributed by atoms with E-state index in [9.17, 15) is 9.59 Å². The minimum atomic E-state index is -0.539. The lowest BCUT2D eigenvalue weighted by Crippen LogP contribution is -2.44. The molecular weight excluding hydrogens is 400 g/mol. The van der Waals surface area contributed by atoms with E-state index in [1.807, 2.05) is 66.7 Å². The molecule has 0 aliphatic rings. The predicted molar refractivity (Wildman–Crippen MR) is 126 cm³/mol. The highest BCUT2D eigenvalue weighted by Gasteiger charge is 2.23. The molecule has 3 aromatic carbocycles. The Morgan fingerprint density at radius 1 is 0.750 bits per heavy atom. The van der Waals surface area contributed by atoms with E-state index in [0.29, 0.717) is 17.9 Å². The summed E-state index contributed by atoms with van der Waals surface area (Å²) in [4.78, 5) is 25.9. The monoisotopic (exact) mass is 430 g/mol. The molecule has 0 saturated carbocycles. The summed E-state index contributed by atoms with van der Waals surface area (Å²) in [7, 11) is 0. The van der Waals surface area contributed by atoms with Gasteiger partial charge in [-0.2, -0.15) is 0 Å². The van der Waals surface area contributed by atoms with Gasteiger partial charge in [-0.25, -0.2) is 0 Å². The molecule has 0 fully saturated rings. The van der Waals surface area contributed by atoms with Crippen molar-refractivity contribution in [2.45, 2.75) is 38.5 Å². The van der Waals surface area contributed by atoms with E-state index in [1.165, 1.54) is 6.42 Å². The number of ether oxygens (including phenoxy) is 1. The van der Waals surface area contributed by atoms with Crippen molar-refractivity contribution < 1.29 is 14.3 Å². The fourth-order valence-corrected chi connectivity index (χ4v) is 3.54. The number of hydrogen-bond donors (Lipinski definition) is 2. The van der Waals surface area contributed by atoms with E-state index in [4.69, 9.17) is 4.74 Å². The first kappa shape index (κ1) is 23.1. The summed E-state index contributed by atoms with van der Waals surface area (Å²) >= 11 is 0. The summed E-state index contributed by atoms with van der Waals surface area (Å²) in [5.74, 6) is -0.753. The second-order valence-corrected chi connectivity index (χ2v) is 7.60. The van der Waals surface area contributed by atoms with Gasteiger partial charge in [0.25, 0.3) is 5.91 Å². The fraction of sp³-hybridized carbons (Fsp3) is 0.259. The molecule has 32 heavy (non-hydrogen) atoms. The smallest absolute Gasteiger partial charge is 0.273 e. The van der Waals surface area contributed by atoms with E-state index >= 15 is 0 Å². The van der Waals surface area contributed by atoms with Gasteiger partial charge in [0.1, 0.15) is 5.75 Å². The number of amides is 2. The zero-order valence-corrected chi connectivity index (χ0v) is 18.4. The molecule has 5 heteroatoms. The molecule has 5 nitrogen and oxygen atoms in total. The average molecular weight is 431 g/mol. The van der Waals surface area contributed by atoms with Gasteiger partial charge in [0.05, 0.1) is 18.1 Å². The Kier molecular flexibility index (Phi) is 8.87. The summed E-state index contributed by atoms with van der Waals surface area (Å²) in [5, 5.41) is 0. The van der Waals surface area contributed by atoms with Crippen molar-refractivity contribution in [2.24, 2.45) is 0 Å². The van der Waals surface area contributed by atoms with Gasteiger partial charge in [-0.1, -0.05) is 99.0 Å². The fourth-order valence-electron chi connectivity index (χ4n) is 3.54. The van der Waals surface area contributed by atoms with Crippen molar-refractivity contribution in [3.8, 4) is 5.75 Å². The third-order valence-corrected chi connectivity index (χ3v) is 5.21. The number of benzene rings is 3. The summed E-state index contributed by atoms with van der Waals surface area (Å²) in [6.45, 7) is 2.72. The Hall–Kier alpha value is -3.60. The van der Waals surface area contributed by atoms with Crippen molar-refractivity contribution in [1.82, 2.24) is 10.9 Å². The Morgan fingerprint density at radius 2 is 1.34 bits per heavy atom. The zero-order valence-electron chi connectivity index (χ0n) is 18.4. The van der Waals surface area contributed by atoms with Crippen LogP contribution in [0.5, 0.6) is 5.75 Å². The standard InChI is InChI=1S/C27H30N2O3/c1-2-3-4-13-20-32-24-19-12-11-18-23(24)26(30)28-29-27(31)25(21-14-7-5-8-15-21)22-16-9-6-10-17-22/h5-12,14-19,25H,2-4,13,20H2,1H3,(H,28,30)(H,29,31). The average Bonchev–Trinajstić information content (AvgIpc) is 2.84. The molecule has 0 unspecified atom stereocenters. The largest absolute Gasteiger partial charge is 0.493 e. The van der Waals surface area contributed by atoms with Gasteiger partial charge >= 0.3 is 0 Å². The minimum absolute atomic E-state index is 0.311. The molecule has 0 atom stereocenters. The van der Waals surface area contributed by atoms with Gasteiger partial charge in [0.2, 0.25) is 5.91 Å². The molecule has 0 aliphatic carbocycles. The first-order chi connectivity index (χ1) is 15.7. The molecule has 0 saturated heterocycles. The number of para-hydroxylation sites is 1. The number of rotatable bonds is 10. The topological polar surface area (TPSA) is 67.4 Å². The van der Waals surface area contributed by atoms with Crippen LogP contribution < -0.4 is 15.6 Å². The molecule has 2 N–H and O–H groups in total. The van der Waals surface area contributed by atoms with Crippen LogP contribution in [0.1, 0.15) is 60.0 Å². The van der Waals surface area contributed by atoms with Crippen molar-refractivity contribution in [1.29, 1.82) is 0 Å². The quantitative estimate of drug-likeness (QED) is 0.341. The molecule has 2 amide bonds. The third-order valence-electron chi connectivity index (χ3n) is 5.21. The lowest BCUT2D eigenvalue weighted by atomic mass is 9.91. The van der Waals surface area contributed by atoms with Crippen LogP contribution in [0.25, 0.3) is 0 Å². The Labute approximate surface area is 189 Å². The number of nitrogens with one attached hydrogen (secondary N) is 2. The molecule has 166 valence electrons. The zero-order chi connectivity index (χ0) is 22.6. The molecular formula is C27H30N2O3. The first-order valence-corrected chi connectivity index (χ1v) is 11.1. The van der Waals surface area contributed by atoms with Gasteiger partial charge in [0, 0.05) is 0 Å². The number of hydrogen-bond acceptors (Lipinski definition) is 3. The van der Waals surface area contributed by atoms with Crippen LogP contribution in [0.3, 0.4) is 0 Å². The van der Waals surface area contributed by atoms with E-state index in [-0.39, 0.29) is 5.91 Å². The van der Waals surface area contributed by atoms with Crippen LogP contribution in [-0.4, -0.2) is 18.4 Å². The molecule has 0 aromatic heterocycles. The molecule has 3 rings (SSSR count). The summed E-state index contributed by atoms with van der Waals surface area (Å²) in [6, 6.07) is 26.1. The molecule has 3 aromatic rings. The number of unbranched alkanes of at least 4 members (excludes halogenated alkanes) is 3. The molecule has 0 heterocycles. The van der Waals surface area contributed by atoms with Crippen molar-refractivity contribution in [3.63, 3.8) is 0 Å². The van der Waals surface area contributed by atoms with Gasteiger partial charge in [-0.3, -0.25) is 20.4 Å². The van der Waals surface area contributed by atoms with Crippen LogP contribution in [0, 0.1) is 0 Å². The normalized spacial score (nSPS) is 10.6. The molecule has 0 radical (unpaired) electrons. The summed E-state index contributed by atoms with van der Waals surface area (Å²) in [5.41, 5.74) is 7.23. The number of carbonyl (C=O) groups is 2. The van der Waals surface area contributed by atoms with Crippen LogP contribution in [0.2, 0.25) is 0 Å². The highest BCUT2D eigenvalue weighted by atomic mass is 16.5. The van der Waals surface area contributed by atoms with Crippen LogP contribution >= 0.6 is 0 Å². The van der Waals surface area contributed by atoms with Crippen molar-refractivity contribution >= 4 is 11.8 Å². The second-order valence-electron chi connectivity index (χ2n) is 7.60. The minimum Gasteiger partial charge on any atom is -0.493 e. The predicted octanol–water partition coefficient (Wildman–Crippen LogP) is 5.24. The highest BCUT2D eigenvalue weighted by Crippen LogP contribution is 2.24. The maximum atomic E-state index is 13.1. The summed E-state index contributed by atoms with van der Waals surface area (Å²) in [6.07, 6.45) is 4.37. The van der Waals surface area contributed by atoms with Crippen LogP contribution in [0.4, 0.5) is 0 Å². The number of hydrazine groups is 1. The lowest BCUT2D eigenvalue weighted by Gasteiger charge is -2.18. The SMILES string of the molecule is CCCCCCOc1ccccc1C(=O)NNC(=O)C(c1ccccc1)c1ccccc1. The molecule has 0 aliphatic heterocycles. The highest BCUT2D eigenvalue weighted by molar-refractivity contribution is 5.98.